The molecule has 1 aliphatic rings. The van der Waals surface area contributed by atoms with Crippen LogP contribution in [0.5, 0.6) is 0 Å². The predicted octanol–water partition coefficient (Wildman–Crippen LogP) is 0.751. The van der Waals surface area contributed by atoms with Gasteiger partial charge in [-0.05, 0) is 0 Å². The SMILES string of the molecule is COC(OC)C1=NCCS1. The molecule has 0 radical (unpaired) electrons. The summed E-state index contributed by atoms with van der Waals surface area (Å²) in [5.74, 6) is 1.05. The molecule has 4 heteroatoms. The molecule has 1 rings (SSSR count). The van der Waals surface area contributed by atoms with Crippen LogP contribution in [0.3, 0.4) is 0 Å². The quantitative estimate of drug-likeness (QED) is 0.572. The largest absolute Gasteiger partial charge is 0.350 e. The molecule has 0 aromatic carbocycles. The van der Waals surface area contributed by atoms with Crippen molar-refractivity contribution in [3.05, 3.63) is 0 Å². The second-order valence-corrected chi connectivity index (χ2v) is 2.99. The van der Waals surface area contributed by atoms with E-state index in [9.17, 15) is 0 Å². The van der Waals surface area contributed by atoms with E-state index in [2.05, 4.69) is 4.99 Å². The van der Waals surface area contributed by atoms with E-state index in [0.717, 1.165) is 17.3 Å². The minimum absolute atomic E-state index is 0.243. The van der Waals surface area contributed by atoms with Crippen LogP contribution >= 0.6 is 11.8 Å². The fourth-order valence-electron chi connectivity index (χ4n) is 0.792. The average molecular weight is 161 g/mol. The monoisotopic (exact) mass is 161 g/mol. The maximum Gasteiger partial charge on any atom is 0.206 e. The minimum atomic E-state index is -0.243. The number of methoxy groups -OCH3 is 2. The number of hydrogen-bond donors (Lipinski definition) is 0. The summed E-state index contributed by atoms with van der Waals surface area (Å²) in [5, 5.41) is 0.963. The molecule has 0 saturated carbocycles. The molecule has 3 nitrogen and oxygen atoms in total. The van der Waals surface area contributed by atoms with Gasteiger partial charge in [0.2, 0.25) is 6.29 Å². The summed E-state index contributed by atoms with van der Waals surface area (Å²) in [6, 6.07) is 0. The first-order valence-corrected chi connectivity index (χ1v) is 4.09. The molecule has 58 valence electrons. The van der Waals surface area contributed by atoms with Gasteiger partial charge in [-0.2, -0.15) is 0 Å². The number of ether oxygens (including phenoxy) is 2. The third kappa shape index (κ3) is 1.71. The topological polar surface area (TPSA) is 30.8 Å². The van der Waals surface area contributed by atoms with Crippen LogP contribution in [0.1, 0.15) is 0 Å². The van der Waals surface area contributed by atoms with E-state index in [1.165, 1.54) is 0 Å². The van der Waals surface area contributed by atoms with E-state index in [-0.39, 0.29) is 6.29 Å². The van der Waals surface area contributed by atoms with Crippen LogP contribution in [0.25, 0.3) is 0 Å². The van der Waals surface area contributed by atoms with Gasteiger partial charge in [0.05, 0.1) is 0 Å². The van der Waals surface area contributed by atoms with Crippen LogP contribution in [-0.2, 0) is 9.47 Å². The molecule has 1 aliphatic heterocycles. The van der Waals surface area contributed by atoms with Gasteiger partial charge in [-0.25, -0.2) is 0 Å². The first kappa shape index (κ1) is 8.04. The van der Waals surface area contributed by atoms with Crippen LogP contribution < -0.4 is 0 Å². The molecule has 0 atom stereocenters. The molecule has 0 saturated heterocycles. The van der Waals surface area contributed by atoms with Gasteiger partial charge < -0.3 is 9.47 Å². The molecule has 0 N–H and O–H groups in total. The third-order valence-electron chi connectivity index (χ3n) is 1.24. The lowest BCUT2D eigenvalue weighted by Crippen LogP contribution is -2.20. The van der Waals surface area contributed by atoms with E-state index in [1.807, 2.05) is 0 Å². The van der Waals surface area contributed by atoms with Gasteiger partial charge in [-0.15, -0.1) is 11.8 Å². The van der Waals surface area contributed by atoms with Crippen molar-refractivity contribution in [2.24, 2.45) is 4.99 Å². The first-order chi connectivity index (χ1) is 4.88. The molecule has 0 fully saturated rings. The molecular weight excluding hydrogens is 150 g/mol. The van der Waals surface area contributed by atoms with Gasteiger partial charge in [0.25, 0.3) is 0 Å². The van der Waals surface area contributed by atoms with E-state index in [1.54, 1.807) is 26.0 Å². The molecule has 0 bridgehead atoms. The third-order valence-corrected chi connectivity index (χ3v) is 2.24. The normalized spacial score (nSPS) is 18.1. The first-order valence-electron chi connectivity index (χ1n) is 3.11. The predicted molar refractivity (Wildman–Crippen MR) is 42.6 cm³/mol. The van der Waals surface area contributed by atoms with Crippen molar-refractivity contribution in [3.8, 4) is 0 Å². The molecule has 0 aliphatic carbocycles. The average Bonchev–Trinajstić information content (AvgIpc) is 2.43. The van der Waals surface area contributed by atoms with Crippen LogP contribution in [0.4, 0.5) is 0 Å². The Morgan fingerprint density at radius 3 is 2.60 bits per heavy atom. The number of hydrogen-bond acceptors (Lipinski definition) is 4. The zero-order chi connectivity index (χ0) is 7.40. The van der Waals surface area contributed by atoms with Crippen molar-refractivity contribution in [3.63, 3.8) is 0 Å². The number of aliphatic imine (C=N–C) groups is 1. The Bertz CT molecular complexity index is 134. The molecule has 0 aromatic heterocycles. The standard InChI is InChI=1S/C6H11NO2S/c1-8-6(9-2)5-7-3-4-10-5/h6H,3-4H2,1-2H3. The Labute approximate surface area is 64.8 Å². The van der Waals surface area contributed by atoms with Crippen LogP contribution in [0.15, 0.2) is 4.99 Å². The molecule has 0 amide bonds. The fraction of sp³-hybridized carbons (Fsp3) is 0.833. The van der Waals surface area contributed by atoms with E-state index >= 15 is 0 Å². The number of thioether (sulfide) groups is 1. The molecular formula is C6H11NO2S. The highest BCUT2D eigenvalue weighted by atomic mass is 32.2. The summed E-state index contributed by atoms with van der Waals surface area (Å²) < 4.78 is 10.0. The lowest BCUT2D eigenvalue weighted by Gasteiger charge is -2.11. The van der Waals surface area contributed by atoms with E-state index in [4.69, 9.17) is 9.47 Å². The van der Waals surface area contributed by atoms with Crippen molar-refractivity contribution < 1.29 is 9.47 Å². The Balaban J connectivity index is 2.44. The van der Waals surface area contributed by atoms with Crippen molar-refractivity contribution >= 4 is 16.8 Å². The molecule has 0 spiro atoms. The van der Waals surface area contributed by atoms with Gasteiger partial charge in [-0.3, -0.25) is 4.99 Å². The highest BCUT2D eigenvalue weighted by molar-refractivity contribution is 8.14. The van der Waals surface area contributed by atoms with Gasteiger partial charge in [0, 0.05) is 26.5 Å². The smallest absolute Gasteiger partial charge is 0.206 e. The van der Waals surface area contributed by atoms with Crippen molar-refractivity contribution in [2.45, 2.75) is 6.29 Å². The van der Waals surface area contributed by atoms with Crippen LogP contribution in [0, 0.1) is 0 Å². The van der Waals surface area contributed by atoms with E-state index in [0.29, 0.717) is 0 Å². The lowest BCUT2D eigenvalue weighted by atomic mass is 10.6. The van der Waals surface area contributed by atoms with Crippen molar-refractivity contribution in [2.75, 3.05) is 26.5 Å². The summed E-state index contributed by atoms with van der Waals surface area (Å²) in [6.07, 6.45) is -0.243. The molecule has 10 heavy (non-hydrogen) atoms. The maximum atomic E-state index is 5.01. The zero-order valence-electron chi connectivity index (χ0n) is 6.16. The van der Waals surface area contributed by atoms with Crippen LogP contribution in [-0.4, -0.2) is 37.9 Å². The Kier molecular flexibility index (Phi) is 3.18. The number of rotatable bonds is 3. The summed E-state index contributed by atoms with van der Waals surface area (Å²) >= 11 is 1.70. The second-order valence-electron chi connectivity index (χ2n) is 1.87. The molecule has 0 unspecified atom stereocenters. The summed E-state index contributed by atoms with van der Waals surface area (Å²) in [6.45, 7) is 0.892. The van der Waals surface area contributed by atoms with Crippen LogP contribution in [0.2, 0.25) is 0 Å². The summed E-state index contributed by atoms with van der Waals surface area (Å²) in [5.41, 5.74) is 0. The summed E-state index contributed by atoms with van der Waals surface area (Å²) in [4.78, 5) is 4.21. The van der Waals surface area contributed by atoms with Crippen molar-refractivity contribution in [1.82, 2.24) is 0 Å². The summed E-state index contributed by atoms with van der Waals surface area (Å²) in [7, 11) is 3.24. The zero-order valence-corrected chi connectivity index (χ0v) is 6.98. The van der Waals surface area contributed by atoms with Gasteiger partial charge in [0.15, 0.2) is 0 Å². The second kappa shape index (κ2) is 3.95. The highest BCUT2D eigenvalue weighted by Crippen LogP contribution is 2.16. The van der Waals surface area contributed by atoms with E-state index < -0.39 is 0 Å². The Hall–Kier alpha value is -0.0600. The molecule has 1 heterocycles. The van der Waals surface area contributed by atoms with Gasteiger partial charge in [-0.1, -0.05) is 0 Å². The minimum Gasteiger partial charge on any atom is -0.350 e. The fourth-order valence-corrected chi connectivity index (χ4v) is 1.69. The number of nitrogens with zero attached hydrogens (tertiary/aromatic N) is 1. The highest BCUT2D eigenvalue weighted by Gasteiger charge is 2.17. The lowest BCUT2D eigenvalue weighted by molar-refractivity contribution is -0.0496. The van der Waals surface area contributed by atoms with Gasteiger partial charge >= 0.3 is 0 Å². The van der Waals surface area contributed by atoms with Crippen molar-refractivity contribution in [1.29, 1.82) is 0 Å². The van der Waals surface area contributed by atoms with Gasteiger partial charge in [0.1, 0.15) is 5.04 Å². The Morgan fingerprint density at radius 1 is 1.50 bits per heavy atom. The Morgan fingerprint density at radius 2 is 2.20 bits per heavy atom. The maximum absolute atomic E-state index is 5.01. The molecule has 0 aromatic rings.